The molecule has 1 aliphatic carbocycles. The number of esters is 1. The summed E-state index contributed by atoms with van der Waals surface area (Å²) in [5.41, 5.74) is 0. The maximum absolute atomic E-state index is 12.1. The Morgan fingerprint density at radius 3 is 2.86 bits per heavy atom. The summed E-state index contributed by atoms with van der Waals surface area (Å²) in [4.78, 5) is 27.5. The van der Waals surface area contributed by atoms with E-state index >= 15 is 0 Å². The molecule has 1 aliphatic rings. The van der Waals surface area contributed by atoms with Crippen molar-refractivity contribution in [2.24, 2.45) is 11.8 Å². The lowest BCUT2D eigenvalue weighted by atomic mass is 9.94. The number of hydrogen-bond acceptors (Lipinski definition) is 5. The first kappa shape index (κ1) is 16.5. The van der Waals surface area contributed by atoms with Crippen LogP contribution in [0.25, 0.3) is 0 Å². The predicted molar refractivity (Wildman–Crippen MR) is 81.0 cm³/mol. The molecule has 0 radical (unpaired) electrons. The molecule has 7 nitrogen and oxygen atoms in total. The van der Waals surface area contributed by atoms with Crippen LogP contribution in [0.5, 0.6) is 0 Å². The Hall–Kier alpha value is -1.92. The fourth-order valence-electron chi connectivity index (χ4n) is 2.85. The molecule has 2 rings (SSSR count). The molecule has 1 fully saturated rings. The number of anilines is 1. The molecular weight excluding hydrogens is 284 g/mol. The highest BCUT2D eigenvalue weighted by Crippen LogP contribution is 2.30. The minimum Gasteiger partial charge on any atom is -0.465 e. The first-order chi connectivity index (χ1) is 10.6. The van der Waals surface area contributed by atoms with Crippen molar-refractivity contribution >= 4 is 17.8 Å². The zero-order chi connectivity index (χ0) is 15.9. The topological polar surface area (TPSA) is 86.1 Å². The van der Waals surface area contributed by atoms with Gasteiger partial charge in [-0.15, -0.1) is 5.10 Å². The van der Waals surface area contributed by atoms with Crippen LogP contribution in [0, 0.1) is 11.8 Å². The van der Waals surface area contributed by atoms with Gasteiger partial charge in [0, 0.05) is 5.92 Å². The summed E-state index contributed by atoms with van der Waals surface area (Å²) in [6.45, 7) is 4.00. The van der Waals surface area contributed by atoms with Gasteiger partial charge in [-0.25, -0.2) is 9.67 Å². The van der Waals surface area contributed by atoms with Crippen LogP contribution in [-0.4, -0.2) is 33.2 Å². The van der Waals surface area contributed by atoms with E-state index in [1.54, 1.807) is 6.92 Å². The number of ether oxygens (including phenoxy) is 1. The summed E-state index contributed by atoms with van der Waals surface area (Å²) < 4.78 is 6.19. The van der Waals surface area contributed by atoms with Crippen molar-refractivity contribution in [3.8, 4) is 0 Å². The number of rotatable bonds is 7. The lowest BCUT2D eigenvalue weighted by molar-refractivity contribution is -0.144. The van der Waals surface area contributed by atoms with Gasteiger partial charge < -0.3 is 4.74 Å². The van der Waals surface area contributed by atoms with E-state index in [0.29, 0.717) is 12.5 Å². The Morgan fingerprint density at radius 2 is 2.18 bits per heavy atom. The molecule has 1 heterocycles. The van der Waals surface area contributed by atoms with Crippen molar-refractivity contribution in [1.29, 1.82) is 0 Å². The van der Waals surface area contributed by atoms with Crippen LogP contribution in [0.2, 0.25) is 0 Å². The quantitative estimate of drug-likeness (QED) is 0.779. The van der Waals surface area contributed by atoms with Gasteiger partial charge in [0.15, 0.2) is 0 Å². The second-order valence-corrected chi connectivity index (χ2v) is 5.85. The molecule has 1 amide bonds. The van der Waals surface area contributed by atoms with Crippen molar-refractivity contribution in [2.75, 3.05) is 11.9 Å². The number of nitrogens with zero attached hydrogens (tertiary/aromatic N) is 3. The molecule has 1 N–H and O–H groups in total. The lowest BCUT2D eigenvalue weighted by Crippen LogP contribution is -2.23. The maximum Gasteiger partial charge on any atom is 0.327 e. The van der Waals surface area contributed by atoms with Crippen molar-refractivity contribution in [1.82, 2.24) is 14.8 Å². The minimum absolute atomic E-state index is 0.00562. The summed E-state index contributed by atoms with van der Waals surface area (Å²) >= 11 is 0. The number of nitrogens with one attached hydrogen (secondary N) is 1. The summed E-state index contributed by atoms with van der Waals surface area (Å²) in [6.07, 6.45) is 7.33. The molecule has 7 heteroatoms. The fraction of sp³-hybridized carbons (Fsp3) is 0.733. The second kappa shape index (κ2) is 7.91. The number of hydrogen-bond donors (Lipinski definition) is 1. The lowest BCUT2D eigenvalue weighted by Gasteiger charge is -2.14. The molecule has 1 aromatic rings. The number of carbonyl (C=O) groups is 2. The zero-order valence-electron chi connectivity index (χ0n) is 13.2. The maximum atomic E-state index is 12.1. The SMILES string of the molecule is CCOC(=O)Cn1cnc(NC(=O)C(C)CC2CCCC2)n1. The molecule has 1 atom stereocenters. The molecule has 0 bridgehead atoms. The predicted octanol–water partition coefficient (Wildman–Crippen LogP) is 2.00. The van der Waals surface area contributed by atoms with Crippen LogP contribution in [0.3, 0.4) is 0 Å². The third kappa shape index (κ3) is 4.82. The van der Waals surface area contributed by atoms with E-state index in [4.69, 9.17) is 4.74 Å². The van der Waals surface area contributed by atoms with E-state index in [1.165, 1.54) is 36.7 Å². The first-order valence-electron chi connectivity index (χ1n) is 7.94. The highest BCUT2D eigenvalue weighted by atomic mass is 16.5. The number of amides is 1. The molecule has 0 aromatic carbocycles. The van der Waals surface area contributed by atoms with Crippen molar-refractivity contribution in [3.05, 3.63) is 6.33 Å². The van der Waals surface area contributed by atoms with Crippen LogP contribution >= 0.6 is 0 Å². The second-order valence-electron chi connectivity index (χ2n) is 5.85. The summed E-state index contributed by atoms with van der Waals surface area (Å²) in [7, 11) is 0. The number of carbonyl (C=O) groups excluding carboxylic acids is 2. The third-order valence-electron chi connectivity index (χ3n) is 3.98. The van der Waals surface area contributed by atoms with E-state index in [1.807, 2.05) is 6.92 Å². The minimum atomic E-state index is -0.375. The average molecular weight is 308 g/mol. The van der Waals surface area contributed by atoms with Crippen molar-refractivity contribution < 1.29 is 14.3 Å². The van der Waals surface area contributed by atoms with Gasteiger partial charge >= 0.3 is 5.97 Å². The Bertz CT molecular complexity index is 509. The van der Waals surface area contributed by atoms with Gasteiger partial charge in [0.25, 0.3) is 0 Å². The molecule has 1 saturated carbocycles. The Labute approximate surface area is 130 Å². The van der Waals surface area contributed by atoms with E-state index < -0.39 is 0 Å². The van der Waals surface area contributed by atoms with Gasteiger partial charge in [-0.05, 0) is 19.3 Å². The molecule has 1 aromatic heterocycles. The smallest absolute Gasteiger partial charge is 0.327 e. The molecule has 1 unspecified atom stereocenters. The van der Waals surface area contributed by atoms with Gasteiger partial charge in [-0.1, -0.05) is 32.6 Å². The summed E-state index contributed by atoms with van der Waals surface area (Å²) in [5, 5.41) is 6.77. The zero-order valence-corrected chi connectivity index (χ0v) is 13.2. The highest BCUT2D eigenvalue weighted by molar-refractivity contribution is 5.90. The summed E-state index contributed by atoms with van der Waals surface area (Å²) in [6, 6.07) is 0. The molecule has 0 spiro atoms. The van der Waals surface area contributed by atoms with Crippen LogP contribution < -0.4 is 5.32 Å². The van der Waals surface area contributed by atoms with E-state index in [-0.39, 0.29) is 30.3 Å². The largest absolute Gasteiger partial charge is 0.465 e. The normalized spacial score (nSPS) is 16.5. The van der Waals surface area contributed by atoms with Crippen molar-refractivity contribution in [2.45, 2.75) is 52.5 Å². The fourth-order valence-corrected chi connectivity index (χ4v) is 2.85. The molecule has 0 aliphatic heterocycles. The Balaban J connectivity index is 1.80. The van der Waals surface area contributed by atoms with Gasteiger partial charge in [-0.2, -0.15) is 0 Å². The van der Waals surface area contributed by atoms with E-state index in [2.05, 4.69) is 15.4 Å². The Morgan fingerprint density at radius 1 is 1.45 bits per heavy atom. The standard InChI is InChI=1S/C15H24N4O3/c1-3-22-13(20)9-19-10-16-15(18-19)17-14(21)11(2)8-12-6-4-5-7-12/h10-12H,3-9H2,1-2H3,(H,17,18,21). The highest BCUT2D eigenvalue weighted by Gasteiger charge is 2.22. The van der Waals surface area contributed by atoms with E-state index in [9.17, 15) is 9.59 Å². The van der Waals surface area contributed by atoms with Crippen LogP contribution in [-0.2, 0) is 20.9 Å². The molecule has 122 valence electrons. The van der Waals surface area contributed by atoms with Crippen LogP contribution in [0.4, 0.5) is 5.95 Å². The van der Waals surface area contributed by atoms with Gasteiger partial charge in [-0.3, -0.25) is 14.9 Å². The molecule has 0 saturated heterocycles. The van der Waals surface area contributed by atoms with Gasteiger partial charge in [0.2, 0.25) is 11.9 Å². The van der Waals surface area contributed by atoms with Crippen molar-refractivity contribution in [3.63, 3.8) is 0 Å². The Kier molecular flexibility index (Phi) is 5.91. The summed E-state index contributed by atoms with van der Waals surface area (Å²) in [5.74, 6) is 0.392. The first-order valence-corrected chi connectivity index (χ1v) is 7.94. The van der Waals surface area contributed by atoms with Crippen LogP contribution in [0.1, 0.15) is 46.0 Å². The third-order valence-corrected chi connectivity index (χ3v) is 3.98. The molecular formula is C15H24N4O3. The van der Waals surface area contributed by atoms with Crippen LogP contribution in [0.15, 0.2) is 6.33 Å². The molecule has 22 heavy (non-hydrogen) atoms. The van der Waals surface area contributed by atoms with E-state index in [0.717, 1.165) is 6.42 Å². The van der Waals surface area contributed by atoms with Gasteiger partial charge in [0.1, 0.15) is 12.9 Å². The number of aromatic nitrogens is 3. The average Bonchev–Trinajstić information content (AvgIpc) is 3.11. The monoisotopic (exact) mass is 308 g/mol. The van der Waals surface area contributed by atoms with Gasteiger partial charge in [0.05, 0.1) is 6.61 Å².